The SMILES string of the molecule is CCc1ccc(-c2cnnn2-c2cccc(N)c2)cc1. The van der Waals surface area contributed by atoms with E-state index in [1.807, 2.05) is 24.3 Å². The predicted octanol–water partition coefficient (Wildman–Crippen LogP) is 3.08. The number of rotatable bonds is 3. The molecule has 0 saturated carbocycles. The van der Waals surface area contributed by atoms with Gasteiger partial charge in [-0.1, -0.05) is 42.5 Å². The number of benzene rings is 2. The highest BCUT2D eigenvalue weighted by atomic mass is 15.4. The fraction of sp³-hybridized carbons (Fsp3) is 0.125. The molecule has 0 aliphatic rings. The van der Waals surface area contributed by atoms with Crippen LogP contribution in [0.1, 0.15) is 12.5 Å². The van der Waals surface area contributed by atoms with Crippen LogP contribution in [0.15, 0.2) is 54.7 Å². The van der Waals surface area contributed by atoms with Crippen LogP contribution in [0.5, 0.6) is 0 Å². The first-order chi connectivity index (χ1) is 9.78. The Morgan fingerprint density at radius 1 is 1.10 bits per heavy atom. The maximum Gasteiger partial charge on any atom is 0.0944 e. The Balaban J connectivity index is 2.05. The molecule has 0 fully saturated rings. The van der Waals surface area contributed by atoms with Crippen molar-refractivity contribution in [3.8, 4) is 16.9 Å². The standard InChI is InChI=1S/C16H16N4/c1-2-12-6-8-13(9-7-12)16-11-18-19-20(16)15-5-3-4-14(17)10-15/h3-11H,2,17H2,1H3. The van der Waals surface area contributed by atoms with Crippen LogP contribution in [0.25, 0.3) is 16.9 Å². The summed E-state index contributed by atoms with van der Waals surface area (Å²) >= 11 is 0. The minimum atomic E-state index is 0.713. The Hall–Kier alpha value is -2.62. The van der Waals surface area contributed by atoms with Crippen molar-refractivity contribution in [1.82, 2.24) is 15.0 Å². The maximum absolute atomic E-state index is 5.83. The van der Waals surface area contributed by atoms with Gasteiger partial charge in [0, 0.05) is 11.3 Å². The molecule has 4 nitrogen and oxygen atoms in total. The summed E-state index contributed by atoms with van der Waals surface area (Å²) in [5.41, 5.74) is 10.8. The average Bonchev–Trinajstić information content (AvgIpc) is 2.97. The first kappa shape index (κ1) is 12.4. The van der Waals surface area contributed by atoms with Crippen LogP contribution in [-0.4, -0.2) is 15.0 Å². The number of hydrogen-bond acceptors (Lipinski definition) is 3. The average molecular weight is 264 g/mol. The number of nitrogens with zero attached hydrogens (tertiary/aromatic N) is 3. The number of nitrogens with two attached hydrogens (primary N) is 1. The van der Waals surface area contributed by atoms with E-state index >= 15 is 0 Å². The maximum atomic E-state index is 5.83. The van der Waals surface area contributed by atoms with Crippen molar-refractivity contribution in [1.29, 1.82) is 0 Å². The minimum Gasteiger partial charge on any atom is -0.399 e. The molecular formula is C16H16N4. The molecule has 0 spiro atoms. The van der Waals surface area contributed by atoms with Crippen molar-refractivity contribution >= 4 is 5.69 Å². The van der Waals surface area contributed by atoms with E-state index in [9.17, 15) is 0 Å². The van der Waals surface area contributed by atoms with Crippen LogP contribution in [0, 0.1) is 0 Å². The molecule has 0 atom stereocenters. The zero-order valence-electron chi connectivity index (χ0n) is 11.3. The Labute approximate surface area is 117 Å². The third-order valence-corrected chi connectivity index (χ3v) is 3.32. The molecule has 0 bridgehead atoms. The smallest absolute Gasteiger partial charge is 0.0944 e. The molecule has 100 valence electrons. The zero-order chi connectivity index (χ0) is 13.9. The van der Waals surface area contributed by atoms with E-state index in [1.165, 1.54) is 5.56 Å². The van der Waals surface area contributed by atoms with Crippen LogP contribution in [0.3, 0.4) is 0 Å². The second-order valence-corrected chi connectivity index (χ2v) is 4.68. The monoisotopic (exact) mass is 264 g/mol. The van der Waals surface area contributed by atoms with E-state index < -0.39 is 0 Å². The summed E-state index contributed by atoms with van der Waals surface area (Å²) in [6.07, 6.45) is 2.80. The van der Waals surface area contributed by atoms with Crippen LogP contribution in [-0.2, 0) is 6.42 Å². The molecule has 4 heteroatoms. The molecule has 0 aliphatic carbocycles. The zero-order valence-corrected chi connectivity index (χ0v) is 11.3. The molecule has 0 aliphatic heterocycles. The summed E-state index contributed by atoms with van der Waals surface area (Å²) in [6, 6.07) is 16.1. The number of anilines is 1. The van der Waals surface area contributed by atoms with Gasteiger partial charge < -0.3 is 5.73 Å². The van der Waals surface area contributed by atoms with E-state index in [0.29, 0.717) is 5.69 Å². The molecule has 3 aromatic rings. The van der Waals surface area contributed by atoms with E-state index in [4.69, 9.17) is 5.73 Å². The van der Waals surface area contributed by atoms with Crippen molar-refractivity contribution < 1.29 is 0 Å². The number of nitrogen functional groups attached to an aromatic ring is 1. The lowest BCUT2D eigenvalue weighted by atomic mass is 10.1. The topological polar surface area (TPSA) is 56.7 Å². The van der Waals surface area contributed by atoms with Crippen molar-refractivity contribution in [3.63, 3.8) is 0 Å². The molecule has 1 aromatic heterocycles. The quantitative estimate of drug-likeness (QED) is 0.740. The Morgan fingerprint density at radius 3 is 2.60 bits per heavy atom. The molecule has 3 rings (SSSR count). The van der Waals surface area contributed by atoms with Crippen LogP contribution in [0.2, 0.25) is 0 Å². The van der Waals surface area contributed by atoms with Gasteiger partial charge in [0.15, 0.2) is 0 Å². The van der Waals surface area contributed by atoms with Gasteiger partial charge in [-0.15, -0.1) is 5.10 Å². The lowest BCUT2D eigenvalue weighted by molar-refractivity contribution is 0.808. The van der Waals surface area contributed by atoms with Crippen LogP contribution in [0.4, 0.5) is 5.69 Å². The first-order valence-corrected chi connectivity index (χ1v) is 6.64. The lowest BCUT2D eigenvalue weighted by Gasteiger charge is -2.07. The number of aromatic nitrogens is 3. The lowest BCUT2D eigenvalue weighted by Crippen LogP contribution is -2.00. The highest BCUT2D eigenvalue weighted by Crippen LogP contribution is 2.22. The second-order valence-electron chi connectivity index (χ2n) is 4.68. The van der Waals surface area contributed by atoms with E-state index in [0.717, 1.165) is 23.4 Å². The highest BCUT2D eigenvalue weighted by Gasteiger charge is 2.08. The Kier molecular flexibility index (Phi) is 3.21. The van der Waals surface area contributed by atoms with Gasteiger partial charge in [-0.2, -0.15) is 0 Å². The van der Waals surface area contributed by atoms with Gasteiger partial charge in [-0.25, -0.2) is 4.68 Å². The molecule has 0 amide bonds. The van der Waals surface area contributed by atoms with Gasteiger partial charge in [0.25, 0.3) is 0 Å². The van der Waals surface area contributed by atoms with Gasteiger partial charge in [-0.3, -0.25) is 0 Å². The molecule has 0 radical (unpaired) electrons. The fourth-order valence-electron chi connectivity index (χ4n) is 2.19. The first-order valence-electron chi connectivity index (χ1n) is 6.64. The van der Waals surface area contributed by atoms with Gasteiger partial charge in [-0.05, 0) is 30.2 Å². The fourth-order valence-corrected chi connectivity index (χ4v) is 2.19. The minimum absolute atomic E-state index is 0.713. The van der Waals surface area contributed by atoms with Crippen LogP contribution >= 0.6 is 0 Å². The summed E-state index contributed by atoms with van der Waals surface area (Å²) in [5.74, 6) is 0. The summed E-state index contributed by atoms with van der Waals surface area (Å²) < 4.78 is 1.80. The largest absolute Gasteiger partial charge is 0.399 e. The van der Waals surface area contributed by atoms with Crippen molar-refractivity contribution in [2.24, 2.45) is 0 Å². The summed E-state index contributed by atoms with van der Waals surface area (Å²) in [5, 5.41) is 8.18. The normalized spacial score (nSPS) is 10.7. The third kappa shape index (κ3) is 2.28. The number of hydrogen-bond donors (Lipinski definition) is 1. The highest BCUT2D eigenvalue weighted by molar-refractivity contribution is 5.62. The Morgan fingerprint density at radius 2 is 1.90 bits per heavy atom. The van der Waals surface area contributed by atoms with Gasteiger partial charge in [0.1, 0.15) is 0 Å². The van der Waals surface area contributed by atoms with E-state index in [1.54, 1.807) is 10.9 Å². The van der Waals surface area contributed by atoms with Gasteiger partial charge >= 0.3 is 0 Å². The molecule has 20 heavy (non-hydrogen) atoms. The molecule has 0 unspecified atom stereocenters. The summed E-state index contributed by atoms with van der Waals surface area (Å²) in [6.45, 7) is 2.15. The van der Waals surface area contributed by atoms with Crippen molar-refractivity contribution in [2.45, 2.75) is 13.3 Å². The molecule has 2 N–H and O–H groups in total. The van der Waals surface area contributed by atoms with Crippen molar-refractivity contribution in [3.05, 3.63) is 60.3 Å². The van der Waals surface area contributed by atoms with E-state index in [-0.39, 0.29) is 0 Å². The van der Waals surface area contributed by atoms with E-state index in [2.05, 4.69) is 41.5 Å². The summed E-state index contributed by atoms with van der Waals surface area (Å²) in [7, 11) is 0. The van der Waals surface area contributed by atoms with Crippen molar-refractivity contribution in [2.75, 3.05) is 5.73 Å². The molecule has 2 aromatic carbocycles. The molecule has 0 saturated heterocycles. The Bertz CT molecular complexity index is 713. The van der Waals surface area contributed by atoms with Gasteiger partial charge in [0.2, 0.25) is 0 Å². The molecule has 1 heterocycles. The number of aryl methyl sites for hydroxylation is 1. The predicted molar refractivity (Wildman–Crippen MR) is 80.6 cm³/mol. The third-order valence-electron chi connectivity index (χ3n) is 3.32. The van der Waals surface area contributed by atoms with Crippen LogP contribution < -0.4 is 5.73 Å². The molecular weight excluding hydrogens is 248 g/mol. The van der Waals surface area contributed by atoms with Gasteiger partial charge in [0.05, 0.1) is 17.6 Å². The second kappa shape index (κ2) is 5.17. The summed E-state index contributed by atoms with van der Waals surface area (Å²) in [4.78, 5) is 0.